The third kappa shape index (κ3) is 2.18. The second-order valence-corrected chi connectivity index (χ2v) is 5.11. The van der Waals surface area contributed by atoms with Crippen LogP contribution < -0.4 is 5.73 Å². The van der Waals surface area contributed by atoms with Gasteiger partial charge >= 0.3 is 0 Å². The van der Waals surface area contributed by atoms with E-state index in [9.17, 15) is 0 Å². The highest BCUT2D eigenvalue weighted by Gasteiger charge is 2.39. The number of nitrogens with two attached hydrogens (primary N) is 1. The Balaban J connectivity index is 1.93. The van der Waals surface area contributed by atoms with Gasteiger partial charge in [-0.2, -0.15) is 10.1 Å². The Labute approximate surface area is 116 Å². The number of aromatic nitrogens is 4. The zero-order valence-electron chi connectivity index (χ0n) is 11.6. The van der Waals surface area contributed by atoms with Crippen LogP contribution in [-0.2, 0) is 10.3 Å². The van der Waals surface area contributed by atoms with Gasteiger partial charge in [-0.3, -0.25) is 5.10 Å². The second kappa shape index (κ2) is 5.24. The molecule has 1 fully saturated rings. The minimum Gasteiger partial charge on any atom is -0.383 e. The van der Waals surface area contributed by atoms with Crippen molar-refractivity contribution in [2.45, 2.75) is 44.6 Å². The van der Waals surface area contributed by atoms with Crippen molar-refractivity contribution in [2.24, 2.45) is 0 Å². The molecule has 108 valence electrons. The van der Waals surface area contributed by atoms with Crippen LogP contribution in [0.15, 0.2) is 10.7 Å². The van der Waals surface area contributed by atoms with E-state index >= 15 is 0 Å². The molecule has 7 heteroatoms. The van der Waals surface area contributed by atoms with Gasteiger partial charge in [0.2, 0.25) is 5.82 Å². The third-order valence-corrected chi connectivity index (χ3v) is 3.81. The molecule has 3 N–H and O–H groups in total. The molecule has 0 saturated heterocycles. The van der Waals surface area contributed by atoms with Crippen molar-refractivity contribution in [1.29, 1.82) is 0 Å². The van der Waals surface area contributed by atoms with Gasteiger partial charge in [-0.05, 0) is 19.8 Å². The van der Waals surface area contributed by atoms with E-state index in [0.717, 1.165) is 25.7 Å². The number of ether oxygens (including phenoxy) is 1. The summed E-state index contributed by atoms with van der Waals surface area (Å²) in [4.78, 5) is 4.49. The maximum Gasteiger partial charge on any atom is 0.263 e. The van der Waals surface area contributed by atoms with Crippen molar-refractivity contribution in [2.75, 3.05) is 12.3 Å². The van der Waals surface area contributed by atoms with Gasteiger partial charge in [-0.15, -0.1) is 0 Å². The van der Waals surface area contributed by atoms with E-state index in [1.807, 2.05) is 6.92 Å². The Morgan fingerprint density at radius 1 is 1.40 bits per heavy atom. The SMILES string of the molecule is CCOC1(c2noc(-c3cn[nH]c3N)n2)CCCCC1. The summed E-state index contributed by atoms with van der Waals surface area (Å²) in [6.07, 6.45) is 6.92. The number of rotatable bonds is 4. The predicted octanol–water partition coefficient (Wildman–Crippen LogP) is 2.24. The fourth-order valence-corrected chi connectivity index (χ4v) is 2.82. The lowest BCUT2D eigenvalue weighted by Crippen LogP contribution is -2.33. The molecule has 0 atom stereocenters. The molecule has 1 aliphatic rings. The van der Waals surface area contributed by atoms with Crippen LogP contribution >= 0.6 is 0 Å². The normalized spacial score (nSPS) is 18.2. The molecule has 7 nitrogen and oxygen atoms in total. The molecule has 0 unspecified atom stereocenters. The average Bonchev–Trinajstić information content (AvgIpc) is 3.08. The van der Waals surface area contributed by atoms with E-state index in [0.29, 0.717) is 29.7 Å². The van der Waals surface area contributed by atoms with Crippen molar-refractivity contribution < 1.29 is 9.26 Å². The first-order valence-electron chi connectivity index (χ1n) is 7.02. The molecular weight excluding hydrogens is 258 g/mol. The van der Waals surface area contributed by atoms with Crippen LogP contribution in [0.3, 0.4) is 0 Å². The highest BCUT2D eigenvalue weighted by atomic mass is 16.5. The number of nitrogen functional groups attached to an aromatic ring is 1. The molecule has 0 radical (unpaired) electrons. The van der Waals surface area contributed by atoms with E-state index in [2.05, 4.69) is 20.3 Å². The van der Waals surface area contributed by atoms with E-state index in [-0.39, 0.29) is 0 Å². The van der Waals surface area contributed by atoms with Crippen molar-refractivity contribution in [3.8, 4) is 11.5 Å². The summed E-state index contributed by atoms with van der Waals surface area (Å²) in [6.45, 7) is 2.63. The van der Waals surface area contributed by atoms with Crippen LogP contribution in [-0.4, -0.2) is 26.9 Å². The van der Waals surface area contributed by atoms with Gasteiger partial charge in [0.15, 0.2) is 0 Å². The first kappa shape index (κ1) is 13.1. The lowest BCUT2D eigenvalue weighted by molar-refractivity contribution is -0.0777. The Morgan fingerprint density at radius 2 is 2.20 bits per heavy atom. The van der Waals surface area contributed by atoms with Gasteiger partial charge in [0.05, 0.1) is 6.20 Å². The molecule has 0 amide bonds. The maximum atomic E-state index is 5.98. The van der Waals surface area contributed by atoms with Crippen molar-refractivity contribution in [3.63, 3.8) is 0 Å². The standard InChI is InChI=1S/C13H19N5O2/c1-2-19-13(6-4-3-5-7-13)12-16-11(20-18-12)9-8-15-17-10(9)14/h8H,2-7H2,1H3,(H3,14,15,17). The highest BCUT2D eigenvalue weighted by molar-refractivity contribution is 5.65. The van der Waals surface area contributed by atoms with Crippen LogP contribution in [0.2, 0.25) is 0 Å². The number of nitrogens with zero attached hydrogens (tertiary/aromatic N) is 3. The topological polar surface area (TPSA) is 103 Å². The number of aromatic amines is 1. The summed E-state index contributed by atoms with van der Waals surface area (Å²) in [7, 11) is 0. The zero-order chi connectivity index (χ0) is 14.0. The monoisotopic (exact) mass is 277 g/mol. The summed E-state index contributed by atoms with van der Waals surface area (Å²) < 4.78 is 11.3. The lowest BCUT2D eigenvalue weighted by Gasteiger charge is -2.33. The third-order valence-electron chi connectivity index (χ3n) is 3.81. The number of H-pyrrole nitrogens is 1. The van der Waals surface area contributed by atoms with Crippen LogP contribution in [0.4, 0.5) is 5.82 Å². The highest BCUT2D eigenvalue weighted by Crippen LogP contribution is 2.39. The second-order valence-electron chi connectivity index (χ2n) is 5.11. The fraction of sp³-hybridized carbons (Fsp3) is 0.615. The van der Waals surface area contributed by atoms with Crippen LogP contribution in [0.1, 0.15) is 44.9 Å². The molecule has 0 aliphatic heterocycles. The van der Waals surface area contributed by atoms with E-state index in [4.69, 9.17) is 15.0 Å². The predicted molar refractivity (Wildman–Crippen MR) is 72.7 cm³/mol. The average molecular weight is 277 g/mol. The van der Waals surface area contributed by atoms with E-state index < -0.39 is 5.60 Å². The first-order chi connectivity index (χ1) is 9.75. The van der Waals surface area contributed by atoms with E-state index in [1.54, 1.807) is 6.20 Å². The summed E-state index contributed by atoms with van der Waals surface area (Å²) in [5, 5.41) is 10.6. The molecule has 2 aromatic heterocycles. The molecule has 3 rings (SSSR count). The summed E-state index contributed by atoms with van der Waals surface area (Å²) in [5.74, 6) is 1.43. The van der Waals surface area contributed by atoms with Crippen molar-refractivity contribution >= 4 is 5.82 Å². The van der Waals surface area contributed by atoms with Gasteiger partial charge < -0.3 is 15.0 Å². The Kier molecular flexibility index (Phi) is 3.43. The summed E-state index contributed by atoms with van der Waals surface area (Å²) in [6, 6.07) is 0. The van der Waals surface area contributed by atoms with Crippen LogP contribution in [0.25, 0.3) is 11.5 Å². The lowest BCUT2D eigenvalue weighted by atomic mass is 9.84. The van der Waals surface area contributed by atoms with Gasteiger partial charge in [0.25, 0.3) is 5.89 Å². The van der Waals surface area contributed by atoms with E-state index in [1.165, 1.54) is 6.42 Å². The number of anilines is 1. The van der Waals surface area contributed by atoms with Crippen molar-refractivity contribution in [1.82, 2.24) is 20.3 Å². The number of hydrogen-bond donors (Lipinski definition) is 2. The zero-order valence-corrected chi connectivity index (χ0v) is 11.6. The molecule has 0 bridgehead atoms. The van der Waals surface area contributed by atoms with Crippen LogP contribution in [0.5, 0.6) is 0 Å². The first-order valence-corrected chi connectivity index (χ1v) is 7.02. The molecule has 1 saturated carbocycles. The Morgan fingerprint density at radius 3 is 2.85 bits per heavy atom. The molecule has 20 heavy (non-hydrogen) atoms. The van der Waals surface area contributed by atoms with Gasteiger partial charge in [-0.25, -0.2) is 0 Å². The Bertz CT molecular complexity index is 565. The number of nitrogens with one attached hydrogen (secondary N) is 1. The smallest absolute Gasteiger partial charge is 0.263 e. The molecular formula is C13H19N5O2. The molecule has 0 spiro atoms. The van der Waals surface area contributed by atoms with Gasteiger partial charge in [0, 0.05) is 6.61 Å². The quantitative estimate of drug-likeness (QED) is 0.888. The number of hydrogen-bond acceptors (Lipinski definition) is 6. The minimum atomic E-state index is -0.409. The molecule has 2 aromatic rings. The van der Waals surface area contributed by atoms with Crippen LogP contribution in [0, 0.1) is 0 Å². The maximum absolute atomic E-state index is 5.98. The molecule has 2 heterocycles. The fourth-order valence-electron chi connectivity index (χ4n) is 2.82. The van der Waals surface area contributed by atoms with Gasteiger partial charge in [0.1, 0.15) is 17.0 Å². The Hall–Kier alpha value is -1.89. The largest absolute Gasteiger partial charge is 0.383 e. The van der Waals surface area contributed by atoms with Crippen molar-refractivity contribution in [3.05, 3.63) is 12.0 Å². The van der Waals surface area contributed by atoms with Gasteiger partial charge in [-0.1, -0.05) is 24.4 Å². The summed E-state index contributed by atoms with van der Waals surface area (Å²) in [5.41, 5.74) is 6.00. The minimum absolute atomic E-state index is 0.385. The summed E-state index contributed by atoms with van der Waals surface area (Å²) >= 11 is 0. The molecule has 1 aliphatic carbocycles. The molecule has 0 aromatic carbocycles.